The van der Waals surface area contributed by atoms with Gasteiger partial charge in [0.25, 0.3) is 0 Å². The van der Waals surface area contributed by atoms with Gasteiger partial charge in [-0.25, -0.2) is 4.98 Å². The molecule has 2 aromatic heterocycles. The predicted molar refractivity (Wildman–Crippen MR) is 77.6 cm³/mol. The molecule has 0 unspecified atom stereocenters. The first kappa shape index (κ1) is 12.3. The quantitative estimate of drug-likeness (QED) is 0.742. The number of nitrogens with one attached hydrogen (secondary N) is 2. The van der Waals surface area contributed by atoms with E-state index in [0.29, 0.717) is 10.0 Å². The minimum Gasteiger partial charge on any atom is -0.365 e. The average Bonchev–Trinajstić information content (AvgIpc) is 3.05. The Balaban J connectivity index is 1.86. The van der Waals surface area contributed by atoms with Crippen molar-refractivity contribution in [1.29, 1.82) is 0 Å². The predicted octanol–water partition coefficient (Wildman–Crippen LogP) is 4.30. The third-order valence-electron chi connectivity index (χ3n) is 2.87. The summed E-state index contributed by atoms with van der Waals surface area (Å²) in [6.07, 6.45) is 4.52. The molecule has 0 saturated carbocycles. The molecule has 0 aliphatic carbocycles. The lowest BCUT2D eigenvalue weighted by Crippen LogP contribution is -1.90. The van der Waals surface area contributed by atoms with Gasteiger partial charge in [0.2, 0.25) is 0 Å². The van der Waals surface area contributed by atoms with Crippen molar-refractivity contribution >= 4 is 23.2 Å². The van der Waals surface area contributed by atoms with Crippen LogP contribution in [0.2, 0.25) is 10.0 Å². The van der Waals surface area contributed by atoms with Crippen LogP contribution in [0.4, 0.5) is 0 Å². The van der Waals surface area contributed by atoms with E-state index < -0.39 is 0 Å². The standard InChI is InChI=1S/C14H11Cl2N3/c15-11-4-3-9(6-12(11)16)13-8-18-14(19-13)7-10-2-1-5-17-10/h1-6,8,17H,7H2,(H,18,19). The zero-order valence-electron chi connectivity index (χ0n) is 9.95. The SMILES string of the molecule is Clc1ccc(-c2c[nH]c(Cc3ccc[nH]3)n2)cc1Cl. The summed E-state index contributed by atoms with van der Waals surface area (Å²) in [5.41, 5.74) is 2.93. The monoisotopic (exact) mass is 291 g/mol. The second-order valence-corrected chi connectivity index (χ2v) is 5.05. The van der Waals surface area contributed by atoms with Crippen molar-refractivity contribution in [2.75, 3.05) is 0 Å². The summed E-state index contributed by atoms with van der Waals surface area (Å²) in [7, 11) is 0. The Hall–Kier alpha value is -1.71. The molecule has 3 rings (SSSR count). The highest BCUT2D eigenvalue weighted by atomic mass is 35.5. The molecule has 0 aliphatic rings. The summed E-state index contributed by atoms with van der Waals surface area (Å²) < 4.78 is 0. The van der Waals surface area contributed by atoms with Crippen molar-refractivity contribution in [2.45, 2.75) is 6.42 Å². The van der Waals surface area contributed by atoms with Gasteiger partial charge >= 0.3 is 0 Å². The Morgan fingerprint density at radius 1 is 1.05 bits per heavy atom. The summed E-state index contributed by atoms with van der Waals surface area (Å²) in [5, 5.41) is 1.08. The van der Waals surface area contributed by atoms with Crippen LogP contribution in [0.3, 0.4) is 0 Å². The van der Waals surface area contributed by atoms with E-state index in [-0.39, 0.29) is 0 Å². The molecule has 3 aromatic rings. The largest absolute Gasteiger partial charge is 0.365 e. The lowest BCUT2D eigenvalue weighted by Gasteiger charge is -1.99. The van der Waals surface area contributed by atoms with E-state index in [0.717, 1.165) is 29.2 Å². The lowest BCUT2D eigenvalue weighted by molar-refractivity contribution is 0.992. The maximum atomic E-state index is 6.01. The highest BCUT2D eigenvalue weighted by Gasteiger charge is 2.07. The maximum Gasteiger partial charge on any atom is 0.112 e. The molecule has 0 bridgehead atoms. The molecule has 19 heavy (non-hydrogen) atoms. The fourth-order valence-electron chi connectivity index (χ4n) is 1.91. The van der Waals surface area contributed by atoms with Crippen molar-refractivity contribution in [2.24, 2.45) is 0 Å². The Morgan fingerprint density at radius 2 is 1.95 bits per heavy atom. The van der Waals surface area contributed by atoms with Crippen molar-refractivity contribution in [3.63, 3.8) is 0 Å². The molecular weight excluding hydrogens is 281 g/mol. The van der Waals surface area contributed by atoms with Crippen molar-refractivity contribution in [1.82, 2.24) is 15.0 Å². The van der Waals surface area contributed by atoms with Crippen molar-refractivity contribution in [3.8, 4) is 11.3 Å². The molecule has 0 aliphatic heterocycles. The number of benzene rings is 1. The Kier molecular flexibility index (Phi) is 3.32. The maximum absolute atomic E-state index is 6.01. The number of H-pyrrole nitrogens is 2. The van der Waals surface area contributed by atoms with E-state index in [1.807, 2.05) is 36.7 Å². The second kappa shape index (κ2) is 5.11. The third-order valence-corrected chi connectivity index (χ3v) is 3.61. The molecule has 2 heterocycles. The van der Waals surface area contributed by atoms with Gasteiger partial charge in [-0.2, -0.15) is 0 Å². The van der Waals surface area contributed by atoms with Crippen LogP contribution in [-0.4, -0.2) is 15.0 Å². The highest BCUT2D eigenvalue weighted by molar-refractivity contribution is 6.42. The molecule has 3 nitrogen and oxygen atoms in total. The van der Waals surface area contributed by atoms with Crippen LogP contribution in [0, 0.1) is 0 Å². The van der Waals surface area contributed by atoms with E-state index in [2.05, 4.69) is 15.0 Å². The number of imidazole rings is 1. The topological polar surface area (TPSA) is 44.5 Å². The zero-order valence-corrected chi connectivity index (χ0v) is 11.5. The van der Waals surface area contributed by atoms with Crippen LogP contribution in [-0.2, 0) is 6.42 Å². The van der Waals surface area contributed by atoms with Crippen molar-refractivity contribution < 1.29 is 0 Å². The Morgan fingerprint density at radius 3 is 2.68 bits per heavy atom. The molecule has 0 atom stereocenters. The van der Waals surface area contributed by atoms with Gasteiger partial charge in [0.05, 0.1) is 15.7 Å². The first-order valence-corrected chi connectivity index (χ1v) is 6.60. The van der Waals surface area contributed by atoms with Crippen LogP contribution in [0.5, 0.6) is 0 Å². The number of nitrogens with zero attached hydrogens (tertiary/aromatic N) is 1. The number of aromatic nitrogens is 3. The number of aromatic amines is 2. The molecule has 0 spiro atoms. The van der Waals surface area contributed by atoms with Crippen LogP contribution in [0.1, 0.15) is 11.5 Å². The van der Waals surface area contributed by atoms with Crippen LogP contribution >= 0.6 is 23.2 Å². The molecule has 2 N–H and O–H groups in total. The number of rotatable bonds is 3. The minimum atomic E-state index is 0.535. The van der Waals surface area contributed by atoms with Gasteiger partial charge in [-0.05, 0) is 24.3 Å². The first-order valence-electron chi connectivity index (χ1n) is 5.84. The van der Waals surface area contributed by atoms with E-state index >= 15 is 0 Å². The fraction of sp³-hybridized carbons (Fsp3) is 0.0714. The minimum absolute atomic E-state index is 0.535. The summed E-state index contributed by atoms with van der Waals surface area (Å²) in [6, 6.07) is 9.50. The Bertz CT molecular complexity index is 687. The summed E-state index contributed by atoms with van der Waals surface area (Å²) in [5.74, 6) is 0.906. The molecule has 0 amide bonds. The normalized spacial score (nSPS) is 10.8. The van der Waals surface area contributed by atoms with Gasteiger partial charge in [-0.3, -0.25) is 0 Å². The van der Waals surface area contributed by atoms with Gasteiger partial charge in [-0.15, -0.1) is 0 Å². The van der Waals surface area contributed by atoms with E-state index in [9.17, 15) is 0 Å². The lowest BCUT2D eigenvalue weighted by atomic mass is 10.2. The molecular formula is C14H11Cl2N3. The van der Waals surface area contributed by atoms with E-state index in [1.165, 1.54) is 0 Å². The molecule has 5 heteroatoms. The summed E-state index contributed by atoms with van der Waals surface area (Å²) >= 11 is 11.9. The molecule has 0 radical (unpaired) electrons. The summed E-state index contributed by atoms with van der Waals surface area (Å²) in [6.45, 7) is 0. The molecule has 0 fully saturated rings. The highest BCUT2D eigenvalue weighted by Crippen LogP contribution is 2.27. The second-order valence-electron chi connectivity index (χ2n) is 4.23. The van der Waals surface area contributed by atoms with Gasteiger partial charge in [0.1, 0.15) is 5.82 Å². The smallest absolute Gasteiger partial charge is 0.112 e. The molecule has 1 aromatic carbocycles. The fourth-order valence-corrected chi connectivity index (χ4v) is 2.21. The zero-order chi connectivity index (χ0) is 13.2. The number of hydrogen-bond donors (Lipinski definition) is 2. The summed E-state index contributed by atoms with van der Waals surface area (Å²) in [4.78, 5) is 10.9. The van der Waals surface area contributed by atoms with Gasteiger partial charge < -0.3 is 9.97 Å². The van der Waals surface area contributed by atoms with Gasteiger partial charge in [0, 0.05) is 30.1 Å². The Labute approximate surface area is 120 Å². The van der Waals surface area contributed by atoms with E-state index in [1.54, 1.807) is 6.07 Å². The molecule has 96 valence electrons. The van der Waals surface area contributed by atoms with Crippen LogP contribution < -0.4 is 0 Å². The first-order chi connectivity index (χ1) is 9.22. The molecule has 0 saturated heterocycles. The van der Waals surface area contributed by atoms with Crippen LogP contribution in [0.15, 0.2) is 42.7 Å². The van der Waals surface area contributed by atoms with Gasteiger partial charge in [0.15, 0.2) is 0 Å². The third kappa shape index (κ3) is 2.67. The van der Waals surface area contributed by atoms with Crippen molar-refractivity contribution in [3.05, 3.63) is 64.3 Å². The van der Waals surface area contributed by atoms with Crippen LogP contribution in [0.25, 0.3) is 11.3 Å². The average molecular weight is 292 g/mol. The number of halogens is 2. The number of hydrogen-bond acceptors (Lipinski definition) is 1. The van der Waals surface area contributed by atoms with Gasteiger partial charge in [-0.1, -0.05) is 29.3 Å². The van der Waals surface area contributed by atoms with E-state index in [4.69, 9.17) is 23.2 Å².